The van der Waals surface area contributed by atoms with Gasteiger partial charge in [0, 0.05) is 18.0 Å². The number of rotatable bonds is 8. The van der Waals surface area contributed by atoms with Crippen molar-refractivity contribution in [3.8, 4) is 11.5 Å². The number of hydrogen-bond donors (Lipinski definition) is 1. The molecule has 0 radical (unpaired) electrons. The van der Waals surface area contributed by atoms with Gasteiger partial charge in [0.2, 0.25) is 6.10 Å². The monoisotopic (exact) mass is 659 g/mol. The van der Waals surface area contributed by atoms with Crippen molar-refractivity contribution in [3.63, 3.8) is 0 Å². The van der Waals surface area contributed by atoms with Crippen molar-refractivity contribution in [3.05, 3.63) is 35.1 Å². The average molecular weight is 660 g/mol. The molecule has 1 fully saturated rings. The van der Waals surface area contributed by atoms with Crippen LogP contribution in [0.1, 0.15) is 78.9 Å². The molecule has 5 rings (SSSR count). The van der Waals surface area contributed by atoms with Crippen molar-refractivity contribution in [1.29, 1.82) is 0 Å². The van der Waals surface area contributed by atoms with E-state index in [0.29, 0.717) is 30.9 Å². The summed E-state index contributed by atoms with van der Waals surface area (Å²) in [6.45, 7) is 11.8. The third-order valence-electron chi connectivity index (χ3n) is 9.07. The topological polar surface area (TPSA) is 156 Å². The SMILES string of the molecule is COc1ccc2c3c1O[C@H]1C(OC(=O)[C@H](CC(=O)O[C@@H](C)C(=O)OC(C)(C)C)OC(=O)OC(C)(C)C)=CC[C@@]4(O)[C@H](C2)N(C)CC[C@]314. The van der Waals surface area contributed by atoms with Gasteiger partial charge in [0.05, 0.1) is 24.5 Å². The summed E-state index contributed by atoms with van der Waals surface area (Å²) in [6, 6.07) is 3.59. The number of methoxy groups -OCH3 is 1. The van der Waals surface area contributed by atoms with E-state index >= 15 is 0 Å². The Balaban J connectivity index is 1.42. The summed E-state index contributed by atoms with van der Waals surface area (Å²) in [5.74, 6) is -1.79. The molecular formula is C34H45NO12. The van der Waals surface area contributed by atoms with Gasteiger partial charge in [-0.05, 0) is 92.6 Å². The zero-order valence-electron chi connectivity index (χ0n) is 28.5. The van der Waals surface area contributed by atoms with Crippen molar-refractivity contribution in [2.24, 2.45) is 0 Å². The van der Waals surface area contributed by atoms with Gasteiger partial charge >= 0.3 is 24.1 Å². The Morgan fingerprint density at radius 1 is 1.04 bits per heavy atom. The van der Waals surface area contributed by atoms with E-state index in [0.717, 1.165) is 11.1 Å². The van der Waals surface area contributed by atoms with E-state index in [1.165, 1.54) is 14.0 Å². The second-order valence-electron chi connectivity index (χ2n) is 14.6. The number of hydrogen-bond acceptors (Lipinski definition) is 13. The van der Waals surface area contributed by atoms with Crippen LogP contribution in [0.5, 0.6) is 11.5 Å². The molecular weight excluding hydrogens is 614 g/mol. The molecule has 2 bridgehead atoms. The molecule has 2 aliphatic carbocycles. The van der Waals surface area contributed by atoms with Crippen LogP contribution in [0.2, 0.25) is 0 Å². The van der Waals surface area contributed by atoms with Gasteiger partial charge in [0.25, 0.3) is 0 Å². The first-order valence-corrected chi connectivity index (χ1v) is 15.8. The zero-order chi connectivity index (χ0) is 34.7. The van der Waals surface area contributed by atoms with Gasteiger partial charge in [0.1, 0.15) is 17.0 Å². The third-order valence-corrected chi connectivity index (χ3v) is 9.07. The number of esters is 3. The summed E-state index contributed by atoms with van der Waals surface area (Å²) < 4.78 is 39.0. The Hall–Kier alpha value is -3.84. The van der Waals surface area contributed by atoms with E-state index in [1.807, 2.05) is 19.2 Å². The standard InChI is InChI=1S/C34H45NO12/c1-18(28(37)46-31(2,3)4)42-24(36)17-22(44-30(39)47-32(5,6)7)29(38)43-21-12-13-34(40)23-16-19-10-11-20(41-9)26-25(19)33(34,27(21)45-26)14-15-35(23)8/h10-12,18,22-23,27,40H,13-17H2,1-9H3/t18-,22-,23-,27-,33-,34+/m0/s1. The molecule has 1 aromatic rings. The lowest BCUT2D eigenvalue weighted by atomic mass is 9.50. The van der Waals surface area contributed by atoms with Gasteiger partial charge in [-0.1, -0.05) is 6.07 Å². The molecule has 4 aliphatic rings. The Morgan fingerprint density at radius 2 is 1.72 bits per heavy atom. The fourth-order valence-electron chi connectivity index (χ4n) is 7.16. The molecule has 0 amide bonds. The van der Waals surface area contributed by atoms with Crippen LogP contribution >= 0.6 is 0 Å². The molecule has 258 valence electrons. The highest BCUT2D eigenvalue weighted by Crippen LogP contribution is 2.65. The molecule has 1 N–H and O–H groups in total. The smallest absolute Gasteiger partial charge is 0.493 e. The van der Waals surface area contributed by atoms with Crippen molar-refractivity contribution in [2.45, 2.75) is 121 Å². The molecule has 1 aromatic carbocycles. The number of likely N-dealkylation sites (N-methyl/N-ethyl adjacent to an activating group) is 1. The Bertz CT molecular complexity index is 1490. The molecule has 0 saturated carbocycles. The van der Waals surface area contributed by atoms with E-state index in [-0.39, 0.29) is 18.2 Å². The molecule has 0 aromatic heterocycles. The summed E-state index contributed by atoms with van der Waals surface area (Å²) in [6.07, 6.45) is -3.09. The maximum Gasteiger partial charge on any atom is 0.509 e. The van der Waals surface area contributed by atoms with Gasteiger partial charge in [-0.3, -0.25) is 4.79 Å². The number of aliphatic hydroxyl groups is 1. The minimum absolute atomic E-state index is 0.113. The molecule has 2 aliphatic heterocycles. The molecule has 47 heavy (non-hydrogen) atoms. The normalized spacial score (nSPS) is 27.2. The Kier molecular flexibility index (Phi) is 8.80. The van der Waals surface area contributed by atoms with Gasteiger partial charge in [0.15, 0.2) is 23.7 Å². The quantitative estimate of drug-likeness (QED) is 0.320. The maximum atomic E-state index is 13.8. The molecule has 1 saturated heterocycles. The van der Waals surface area contributed by atoms with Crippen LogP contribution in [-0.4, -0.2) is 95.9 Å². The molecule has 6 atom stereocenters. The van der Waals surface area contributed by atoms with Crippen LogP contribution in [0.15, 0.2) is 24.0 Å². The minimum atomic E-state index is -1.80. The van der Waals surface area contributed by atoms with E-state index < -0.39 is 71.0 Å². The summed E-state index contributed by atoms with van der Waals surface area (Å²) in [5.41, 5.74) is -2.10. The van der Waals surface area contributed by atoms with E-state index in [2.05, 4.69) is 4.90 Å². The summed E-state index contributed by atoms with van der Waals surface area (Å²) in [4.78, 5) is 53.9. The van der Waals surface area contributed by atoms with Crippen LogP contribution in [0.3, 0.4) is 0 Å². The lowest BCUT2D eigenvalue weighted by Crippen LogP contribution is -2.74. The first-order valence-electron chi connectivity index (χ1n) is 15.8. The van der Waals surface area contributed by atoms with E-state index in [9.17, 15) is 24.3 Å². The first-order chi connectivity index (χ1) is 21.8. The lowest BCUT2D eigenvalue weighted by Gasteiger charge is -2.61. The highest BCUT2D eigenvalue weighted by Gasteiger charge is 2.72. The van der Waals surface area contributed by atoms with E-state index in [4.69, 9.17) is 33.2 Å². The number of benzene rings is 1. The number of carbonyl (C=O) groups is 4. The second-order valence-corrected chi connectivity index (χ2v) is 14.6. The van der Waals surface area contributed by atoms with Gasteiger partial charge in [-0.2, -0.15) is 0 Å². The lowest BCUT2D eigenvalue weighted by molar-refractivity contribution is -0.178. The summed E-state index contributed by atoms with van der Waals surface area (Å²) in [5, 5.41) is 12.4. The van der Waals surface area contributed by atoms with Crippen LogP contribution in [0.4, 0.5) is 4.79 Å². The predicted molar refractivity (Wildman–Crippen MR) is 165 cm³/mol. The fourth-order valence-corrected chi connectivity index (χ4v) is 7.16. The largest absolute Gasteiger partial charge is 0.509 e. The second kappa shape index (κ2) is 12.0. The maximum absolute atomic E-state index is 13.8. The number of carbonyl (C=O) groups excluding carboxylic acids is 4. The van der Waals surface area contributed by atoms with E-state index in [1.54, 1.807) is 47.6 Å². The summed E-state index contributed by atoms with van der Waals surface area (Å²) in [7, 11) is 3.52. The highest BCUT2D eigenvalue weighted by atomic mass is 16.7. The molecule has 13 heteroatoms. The number of ether oxygens (including phenoxy) is 7. The number of piperidine rings is 1. The average Bonchev–Trinajstić information content (AvgIpc) is 3.30. The first kappa shape index (κ1) is 34.5. The third kappa shape index (κ3) is 6.27. The van der Waals surface area contributed by atoms with Crippen molar-refractivity contribution in [2.75, 3.05) is 20.7 Å². The van der Waals surface area contributed by atoms with Crippen LogP contribution in [-0.2, 0) is 49.9 Å². The van der Waals surface area contributed by atoms with Gasteiger partial charge in [-0.25, -0.2) is 14.4 Å². The van der Waals surface area contributed by atoms with Crippen LogP contribution in [0.25, 0.3) is 0 Å². The Morgan fingerprint density at radius 3 is 2.36 bits per heavy atom. The van der Waals surface area contributed by atoms with Crippen LogP contribution in [0, 0.1) is 0 Å². The predicted octanol–water partition coefficient (Wildman–Crippen LogP) is 3.50. The highest BCUT2D eigenvalue weighted by molar-refractivity contribution is 5.86. The van der Waals surface area contributed by atoms with Crippen molar-refractivity contribution >= 4 is 24.1 Å². The number of likely N-dealkylation sites (tertiary alicyclic amines) is 1. The van der Waals surface area contributed by atoms with Gasteiger partial charge < -0.3 is 43.2 Å². The van der Waals surface area contributed by atoms with Crippen molar-refractivity contribution in [1.82, 2.24) is 4.90 Å². The summed E-state index contributed by atoms with van der Waals surface area (Å²) >= 11 is 0. The van der Waals surface area contributed by atoms with Crippen LogP contribution < -0.4 is 9.47 Å². The fraction of sp³-hybridized carbons (Fsp3) is 0.647. The van der Waals surface area contributed by atoms with Crippen molar-refractivity contribution < 1.29 is 57.4 Å². The molecule has 0 unspecified atom stereocenters. The minimum Gasteiger partial charge on any atom is -0.493 e. The zero-order valence-corrected chi connectivity index (χ0v) is 28.5. The molecule has 13 nitrogen and oxygen atoms in total. The Labute approximate surface area is 274 Å². The number of nitrogens with zero attached hydrogens (tertiary/aromatic N) is 1. The van der Waals surface area contributed by atoms with Gasteiger partial charge in [-0.15, -0.1) is 0 Å². The molecule has 1 spiro atoms. The molecule has 2 heterocycles.